The highest BCUT2D eigenvalue weighted by atomic mass is 32.1. The van der Waals surface area contributed by atoms with Crippen LogP contribution >= 0.6 is 11.3 Å². The number of thiophene rings is 1. The zero-order valence-corrected chi connectivity index (χ0v) is 12.6. The minimum absolute atomic E-state index is 0.0725. The van der Waals surface area contributed by atoms with Crippen molar-refractivity contribution >= 4 is 28.9 Å². The molecule has 0 spiro atoms. The van der Waals surface area contributed by atoms with Gasteiger partial charge in [0.05, 0.1) is 16.8 Å². The van der Waals surface area contributed by atoms with Crippen molar-refractivity contribution in [3.63, 3.8) is 0 Å². The third-order valence-electron chi connectivity index (χ3n) is 2.92. The highest BCUT2D eigenvalue weighted by Crippen LogP contribution is 2.18. The predicted octanol–water partition coefficient (Wildman–Crippen LogP) is 4.44. The number of hydrazone groups is 1. The summed E-state index contributed by atoms with van der Waals surface area (Å²) in [5, 5.41) is 14.7. The molecule has 0 bridgehead atoms. The van der Waals surface area contributed by atoms with E-state index in [1.807, 2.05) is 0 Å². The second-order valence-corrected chi connectivity index (χ2v) is 5.78. The van der Waals surface area contributed by atoms with E-state index in [0.29, 0.717) is 0 Å². The molecule has 6 heteroatoms. The first kappa shape index (κ1) is 15.2. The zero-order valence-electron chi connectivity index (χ0n) is 11.8. The van der Waals surface area contributed by atoms with Crippen molar-refractivity contribution < 1.29 is 4.92 Å². The number of non-ortho nitro benzene ring substituents is 1. The fourth-order valence-electron chi connectivity index (χ4n) is 1.78. The monoisotopic (exact) mass is 303 g/mol. The number of nitro groups is 1. The normalized spacial score (nSPS) is 10.9. The second-order valence-electron chi connectivity index (χ2n) is 4.58. The average Bonchev–Trinajstić information content (AvgIpc) is 2.93. The lowest BCUT2D eigenvalue weighted by Crippen LogP contribution is -1.91. The molecule has 1 N–H and O–H groups in total. The molecule has 0 aliphatic heterocycles. The average molecular weight is 303 g/mol. The summed E-state index contributed by atoms with van der Waals surface area (Å²) in [6, 6.07) is 10.4. The van der Waals surface area contributed by atoms with E-state index < -0.39 is 4.92 Å². The fourth-order valence-corrected chi connectivity index (χ4v) is 2.70. The van der Waals surface area contributed by atoms with Gasteiger partial charge in [-0.15, -0.1) is 11.3 Å². The molecule has 0 aliphatic rings. The summed E-state index contributed by atoms with van der Waals surface area (Å²) in [5.41, 5.74) is 3.66. The van der Waals surface area contributed by atoms with Gasteiger partial charge in [0.25, 0.3) is 5.69 Å². The van der Waals surface area contributed by atoms with E-state index >= 15 is 0 Å². The number of unbranched alkanes of at least 4 members (excludes halogenated alkanes) is 1. The van der Waals surface area contributed by atoms with E-state index in [9.17, 15) is 10.1 Å². The Morgan fingerprint density at radius 1 is 1.29 bits per heavy atom. The number of hydrogen-bond acceptors (Lipinski definition) is 5. The van der Waals surface area contributed by atoms with Gasteiger partial charge in [-0.05, 0) is 37.1 Å². The van der Waals surface area contributed by atoms with Crippen LogP contribution in [0.5, 0.6) is 0 Å². The molecule has 0 saturated heterocycles. The first-order valence-electron chi connectivity index (χ1n) is 6.81. The number of nitro benzene ring substituents is 1. The van der Waals surface area contributed by atoms with Crippen LogP contribution < -0.4 is 5.43 Å². The first-order chi connectivity index (χ1) is 10.2. The molecule has 0 saturated carbocycles. The minimum Gasteiger partial charge on any atom is -0.278 e. The molecule has 0 unspecified atom stereocenters. The van der Waals surface area contributed by atoms with Gasteiger partial charge >= 0.3 is 0 Å². The van der Waals surface area contributed by atoms with E-state index in [4.69, 9.17) is 0 Å². The molecular weight excluding hydrogens is 286 g/mol. The fraction of sp³-hybridized carbons (Fsp3) is 0.267. The van der Waals surface area contributed by atoms with Crippen LogP contribution in [0.15, 0.2) is 41.5 Å². The Hall–Kier alpha value is -2.21. The summed E-state index contributed by atoms with van der Waals surface area (Å²) < 4.78 is 0. The molecule has 21 heavy (non-hydrogen) atoms. The van der Waals surface area contributed by atoms with Crippen molar-refractivity contribution in [2.45, 2.75) is 26.2 Å². The number of rotatable bonds is 7. The predicted molar refractivity (Wildman–Crippen MR) is 87.2 cm³/mol. The van der Waals surface area contributed by atoms with E-state index in [-0.39, 0.29) is 5.69 Å². The lowest BCUT2D eigenvalue weighted by molar-refractivity contribution is -0.384. The highest BCUT2D eigenvalue weighted by molar-refractivity contribution is 7.13. The van der Waals surface area contributed by atoms with Crippen molar-refractivity contribution in [1.82, 2.24) is 0 Å². The number of aryl methyl sites for hydroxylation is 1. The van der Waals surface area contributed by atoms with Gasteiger partial charge in [-0.25, -0.2) is 0 Å². The number of nitrogens with zero attached hydrogens (tertiary/aromatic N) is 2. The molecule has 0 amide bonds. The quantitative estimate of drug-likeness (QED) is 0.467. The molecule has 1 aromatic heterocycles. The molecule has 0 atom stereocenters. The smallest absolute Gasteiger partial charge is 0.269 e. The number of hydrogen-bond donors (Lipinski definition) is 1. The van der Waals surface area contributed by atoms with E-state index in [0.717, 1.165) is 17.0 Å². The number of benzene rings is 1. The molecule has 0 fully saturated rings. The summed E-state index contributed by atoms with van der Waals surface area (Å²) in [6.07, 6.45) is 5.29. The standard InChI is InChI=1S/C15H17N3O2S/c1-2-3-4-14-9-10-15(21-14)11-16-17-12-5-7-13(8-6-12)18(19)20/h5-11,17H,2-4H2,1H3/b16-11-. The van der Waals surface area contributed by atoms with Crippen LogP contribution in [0.2, 0.25) is 0 Å². The van der Waals surface area contributed by atoms with Gasteiger partial charge in [0, 0.05) is 21.9 Å². The Kier molecular flexibility index (Phi) is 5.45. The lowest BCUT2D eigenvalue weighted by Gasteiger charge is -1.98. The SMILES string of the molecule is CCCCc1ccc(/C=N\Nc2ccc([N+](=O)[O-])cc2)s1. The lowest BCUT2D eigenvalue weighted by atomic mass is 10.2. The third-order valence-corrected chi connectivity index (χ3v) is 4.00. The third kappa shape index (κ3) is 4.68. The number of anilines is 1. The Morgan fingerprint density at radius 2 is 2.05 bits per heavy atom. The molecule has 2 aromatic rings. The van der Waals surface area contributed by atoms with Gasteiger partial charge in [0.15, 0.2) is 0 Å². The maximum Gasteiger partial charge on any atom is 0.269 e. The van der Waals surface area contributed by atoms with E-state index in [2.05, 4.69) is 29.6 Å². The molecule has 2 rings (SSSR count). The molecule has 0 aliphatic carbocycles. The Balaban J connectivity index is 1.89. The Bertz CT molecular complexity index is 620. The van der Waals surface area contributed by atoms with Gasteiger partial charge in [-0.2, -0.15) is 5.10 Å². The molecule has 110 valence electrons. The minimum atomic E-state index is -0.420. The molecule has 5 nitrogen and oxygen atoms in total. The molecular formula is C15H17N3O2S. The van der Waals surface area contributed by atoms with Crippen LogP contribution in [0.4, 0.5) is 11.4 Å². The summed E-state index contributed by atoms with van der Waals surface area (Å²) in [4.78, 5) is 12.6. The Morgan fingerprint density at radius 3 is 2.71 bits per heavy atom. The zero-order chi connectivity index (χ0) is 15.1. The van der Waals surface area contributed by atoms with Crippen LogP contribution in [0, 0.1) is 10.1 Å². The van der Waals surface area contributed by atoms with Crippen molar-refractivity contribution in [3.05, 3.63) is 56.3 Å². The van der Waals surface area contributed by atoms with Gasteiger partial charge in [-0.1, -0.05) is 13.3 Å². The largest absolute Gasteiger partial charge is 0.278 e. The second kappa shape index (κ2) is 7.54. The van der Waals surface area contributed by atoms with E-state index in [1.54, 1.807) is 29.7 Å². The van der Waals surface area contributed by atoms with Crippen molar-refractivity contribution in [1.29, 1.82) is 0 Å². The maximum atomic E-state index is 10.5. The van der Waals surface area contributed by atoms with Crippen LogP contribution in [0.3, 0.4) is 0 Å². The van der Waals surface area contributed by atoms with Crippen LogP contribution in [0.25, 0.3) is 0 Å². The molecule has 0 radical (unpaired) electrons. The van der Waals surface area contributed by atoms with Crippen molar-refractivity contribution in [2.24, 2.45) is 5.10 Å². The van der Waals surface area contributed by atoms with Gasteiger partial charge in [-0.3, -0.25) is 15.5 Å². The summed E-state index contributed by atoms with van der Waals surface area (Å²) >= 11 is 1.74. The first-order valence-corrected chi connectivity index (χ1v) is 7.63. The number of nitrogens with one attached hydrogen (secondary N) is 1. The van der Waals surface area contributed by atoms with E-state index in [1.165, 1.54) is 29.9 Å². The van der Waals surface area contributed by atoms with Gasteiger partial charge < -0.3 is 0 Å². The van der Waals surface area contributed by atoms with Crippen molar-refractivity contribution in [2.75, 3.05) is 5.43 Å². The Labute approximate surface area is 127 Å². The summed E-state index contributed by atoms with van der Waals surface area (Å²) in [6.45, 7) is 2.18. The van der Waals surface area contributed by atoms with Crippen LogP contribution in [-0.2, 0) is 6.42 Å². The topological polar surface area (TPSA) is 67.5 Å². The molecule has 1 aromatic carbocycles. The van der Waals surface area contributed by atoms with Crippen LogP contribution in [0.1, 0.15) is 29.5 Å². The van der Waals surface area contributed by atoms with Gasteiger partial charge in [0.1, 0.15) is 0 Å². The molecule has 1 heterocycles. The summed E-state index contributed by atoms with van der Waals surface area (Å²) in [5.74, 6) is 0. The maximum absolute atomic E-state index is 10.5. The van der Waals surface area contributed by atoms with Crippen molar-refractivity contribution in [3.8, 4) is 0 Å². The van der Waals surface area contributed by atoms with Gasteiger partial charge in [0.2, 0.25) is 0 Å². The highest BCUT2D eigenvalue weighted by Gasteiger charge is 2.03. The summed E-state index contributed by atoms with van der Waals surface area (Å²) in [7, 11) is 0. The van der Waals surface area contributed by atoms with Crippen LogP contribution in [-0.4, -0.2) is 11.1 Å².